The van der Waals surface area contributed by atoms with E-state index in [-0.39, 0.29) is 11.7 Å². The largest absolute Gasteiger partial charge is 0.265 e. The highest BCUT2D eigenvalue weighted by Gasteiger charge is 2.36. The SMILES string of the molecule is CC1CCCN(S(=O)(=O)CCc2ccncc2)C1N=C=O. The number of carbonyl (C=O) groups excluding carboxylic acids is 1. The second-order valence-corrected chi connectivity index (χ2v) is 7.33. The van der Waals surface area contributed by atoms with Crippen LogP contribution in [0, 0.1) is 5.92 Å². The van der Waals surface area contributed by atoms with Crippen molar-refractivity contribution < 1.29 is 13.2 Å². The van der Waals surface area contributed by atoms with Crippen molar-refractivity contribution in [2.45, 2.75) is 32.4 Å². The predicted octanol–water partition coefficient (Wildman–Crippen LogP) is 1.35. The van der Waals surface area contributed by atoms with Gasteiger partial charge in [-0.3, -0.25) is 4.98 Å². The number of aromatic nitrogens is 1. The molecule has 0 aliphatic carbocycles. The molecule has 0 aromatic carbocycles. The Hall–Kier alpha value is -1.56. The Morgan fingerprint density at radius 2 is 2.14 bits per heavy atom. The number of aliphatic imine (C=N–C) groups is 1. The van der Waals surface area contributed by atoms with Gasteiger partial charge in [-0.1, -0.05) is 6.92 Å². The minimum absolute atomic E-state index is 0.00854. The summed E-state index contributed by atoms with van der Waals surface area (Å²) >= 11 is 0. The third kappa shape index (κ3) is 3.97. The molecule has 1 aliphatic heterocycles. The number of nitrogens with zero attached hydrogens (tertiary/aromatic N) is 3. The first kappa shape index (κ1) is 15.8. The van der Waals surface area contributed by atoms with E-state index in [2.05, 4.69) is 9.98 Å². The molecule has 2 atom stereocenters. The molecule has 1 aliphatic rings. The number of piperidine rings is 1. The van der Waals surface area contributed by atoms with Gasteiger partial charge in [0.1, 0.15) is 6.17 Å². The summed E-state index contributed by atoms with van der Waals surface area (Å²) in [5.74, 6) is 0.0464. The van der Waals surface area contributed by atoms with Crippen molar-refractivity contribution in [3.63, 3.8) is 0 Å². The Labute approximate surface area is 125 Å². The fraction of sp³-hybridized carbons (Fsp3) is 0.571. The summed E-state index contributed by atoms with van der Waals surface area (Å²) in [5.41, 5.74) is 0.925. The molecule has 0 N–H and O–H groups in total. The van der Waals surface area contributed by atoms with Gasteiger partial charge in [-0.15, -0.1) is 0 Å². The van der Waals surface area contributed by atoms with E-state index in [4.69, 9.17) is 0 Å². The lowest BCUT2D eigenvalue weighted by Gasteiger charge is -2.35. The van der Waals surface area contributed by atoms with Crippen LogP contribution in [-0.2, 0) is 21.2 Å². The maximum Gasteiger partial charge on any atom is 0.236 e. The van der Waals surface area contributed by atoms with Gasteiger partial charge < -0.3 is 0 Å². The number of hydrogen-bond acceptors (Lipinski definition) is 5. The number of hydrogen-bond donors (Lipinski definition) is 0. The van der Waals surface area contributed by atoms with Crippen LogP contribution >= 0.6 is 0 Å². The topological polar surface area (TPSA) is 79.7 Å². The normalized spacial score (nSPS) is 23.5. The monoisotopic (exact) mass is 309 g/mol. The molecule has 2 unspecified atom stereocenters. The van der Waals surface area contributed by atoms with E-state index in [9.17, 15) is 13.2 Å². The van der Waals surface area contributed by atoms with Crippen LogP contribution in [0.15, 0.2) is 29.5 Å². The van der Waals surface area contributed by atoms with E-state index in [1.54, 1.807) is 24.5 Å². The molecule has 6 nitrogen and oxygen atoms in total. The first-order valence-electron chi connectivity index (χ1n) is 7.00. The lowest BCUT2D eigenvalue weighted by molar-refractivity contribution is 0.194. The lowest BCUT2D eigenvalue weighted by Crippen LogP contribution is -2.47. The number of sulfonamides is 1. The van der Waals surface area contributed by atoms with Crippen molar-refractivity contribution in [1.82, 2.24) is 9.29 Å². The first-order valence-corrected chi connectivity index (χ1v) is 8.61. The molecular weight excluding hydrogens is 290 g/mol. The van der Waals surface area contributed by atoms with Crippen molar-refractivity contribution in [3.05, 3.63) is 30.1 Å². The number of pyridine rings is 1. The second kappa shape index (κ2) is 6.93. The maximum absolute atomic E-state index is 12.5. The fourth-order valence-corrected chi connectivity index (χ4v) is 4.32. The third-order valence-corrected chi connectivity index (χ3v) is 5.62. The number of aryl methyl sites for hydroxylation is 1. The summed E-state index contributed by atoms with van der Waals surface area (Å²) in [7, 11) is -3.45. The van der Waals surface area contributed by atoms with Crippen molar-refractivity contribution in [3.8, 4) is 0 Å². The second-order valence-electron chi connectivity index (χ2n) is 5.29. The Kier molecular flexibility index (Phi) is 5.22. The van der Waals surface area contributed by atoms with Crippen LogP contribution in [0.1, 0.15) is 25.3 Å². The molecule has 21 heavy (non-hydrogen) atoms. The minimum atomic E-state index is -3.45. The van der Waals surface area contributed by atoms with Crippen LogP contribution in [-0.4, -0.2) is 42.3 Å². The van der Waals surface area contributed by atoms with Crippen LogP contribution in [0.2, 0.25) is 0 Å². The van der Waals surface area contributed by atoms with Crippen molar-refractivity contribution >= 4 is 16.1 Å². The summed E-state index contributed by atoms with van der Waals surface area (Å²) in [6.45, 7) is 2.33. The summed E-state index contributed by atoms with van der Waals surface area (Å²) < 4.78 is 26.4. The zero-order valence-electron chi connectivity index (χ0n) is 12.0. The average molecular weight is 309 g/mol. The summed E-state index contributed by atoms with van der Waals surface area (Å²) in [6.07, 6.45) is 6.26. The van der Waals surface area contributed by atoms with Crippen LogP contribution in [0.3, 0.4) is 0 Å². The van der Waals surface area contributed by atoms with Gasteiger partial charge in [-0.25, -0.2) is 13.2 Å². The van der Waals surface area contributed by atoms with E-state index in [0.29, 0.717) is 13.0 Å². The highest BCUT2D eigenvalue weighted by molar-refractivity contribution is 7.89. The van der Waals surface area contributed by atoms with Crippen molar-refractivity contribution in [2.24, 2.45) is 10.9 Å². The molecule has 1 aromatic rings. The molecule has 0 spiro atoms. The smallest absolute Gasteiger partial charge is 0.236 e. The maximum atomic E-state index is 12.5. The quantitative estimate of drug-likeness (QED) is 0.607. The van der Waals surface area contributed by atoms with E-state index < -0.39 is 16.2 Å². The highest BCUT2D eigenvalue weighted by Crippen LogP contribution is 2.26. The van der Waals surface area contributed by atoms with Gasteiger partial charge in [0.2, 0.25) is 16.1 Å². The first-order chi connectivity index (χ1) is 10.0. The van der Waals surface area contributed by atoms with Gasteiger partial charge >= 0.3 is 0 Å². The predicted molar refractivity (Wildman–Crippen MR) is 78.7 cm³/mol. The molecule has 2 heterocycles. The standard InChI is InChI=1S/C14H19N3O3S/c1-12-3-2-9-17(14(12)16-11-18)21(19,20)10-6-13-4-7-15-8-5-13/h4-5,7-8,12,14H,2-3,6,9-10H2,1H3. The van der Waals surface area contributed by atoms with E-state index >= 15 is 0 Å². The molecule has 0 saturated carbocycles. The zero-order valence-corrected chi connectivity index (χ0v) is 12.8. The molecule has 0 radical (unpaired) electrons. The van der Waals surface area contributed by atoms with Gasteiger partial charge in [0.25, 0.3) is 0 Å². The molecule has 1 aromatic heterocycles. The fourth-order valence-electron chi connectivity index (χ4n) is 2.60. The molecule has 114 valence electrons. The molecule has 0 amide bonds. The Bertz CT molecular complexity index is 612. The molecule has 7 heteroatoms. The van der Waals surface area contributed by atoms with Gasteiger partial charge in [-0.05, 0) is 42.9 Å². The van der Waals surface area contributed by atoms with Crippen molar-refractivity contribution in [1.29, 1.82) is 0 Å². The van der Waals surface area contributed by atoms with E-state index in [0.717, 1.165) is 18.4 Å². The van der Waals surface area contributed by atoms with E-state index in [1.807, 2.05) is 6.92 Å². The third-order valence-electron chi connectivity index (χ3n) is 3.78. The molecule has 1 fully saturated rings. The average Bonchev–Trinajstić information content (AvgIpc) is 2.48. The molecule has 1 saturated heterocycles. The Morgan fingerprint density at radius 1 is 1.43 bits per heavy atom. The van der Waals surface area contributed by atoms with Crippen molar-refractivity contribution in [2.75, 3.05) is 12.3 Å². The Balaban J connectivity index is 2.11. The highest BCUT2D eigenvalue weighted by atomic mass is 32.2. The number of rotatable bonds is 5. The van der Waals surface area contributed by atoms with E-state index in [1.165, 1.54) is 10.4 Å². The van der Waals surface area contributed by atoms with Gasteiger partial charge in [-0.2, -0.15) is 9.30 Å². The summed E-state index contributed by atoms with van der Waals surface area (Å²) in [5, 5.41) is 0. The van der Waals surface area contributed by atoms with Gasteiger partial charge in [0.05, 0.1) is 5.75 Å². The summed E-state index contributed by atoms with van der Waals surface area (Å²) in [4.78, 5) is 18.2. The molecular formula is C14H19N3O3S. The minimum Gasteiger partial charge on any atom is -0.265 e. The van der Waals surface area contributed by atoms with Crippen LogP contribution < -0.4 is 0 Å². The van der Waals surface area contributed by atoms with Gasteiger partial charge in [0, 0.05) is 18.9 Å². The van der Waals surface area contributed by atoms with Crippen LogP contribution in [0.5, 0.6) is 0 Å². The van der Waals surface area contributed by atoms with Gasteiger partial charge in [0.15, 0.2) is 0 Å². The van der Waals surface area contributed by atoms with Crippen LogP contribution in [0.4, 0.5) is 0 Å². The Morgan fingerprint density at radius 3 is 2.81 bits per heavy atom. The molecule has 2 rings (SSSR count). The lowest BCUT2D eigenvalue weighted by atomic mass is 9.98. The summed E-state index contributed by atoms with van der Waals surface area (Å²) in [6, 6.07) is 3.60. The van der Waals surface area contributed by atoms with Crippen LogP contribution in [0.25, 0.3) is 0 Å². The molecule has 0 bridgehead atoms. The number of isocyanates is 1. The zero-order chi connectivity index (χ0) is 15.3.